The van der Waals surface area contributed by atoms with Crippen LogP contribution in [0.5, 0.6) is 0 Å². The highest BCUT2D eigenvalue weighted by molar-refractivity contribution is 7.84. The van der Waals surface area contributed by atoms with Crippen molar-refractivity contribution < 1.29 is 13.7 Å². The van der Waals surface area contributed by atoms with Crippen LogP contribution in [0.15, 0.2) is 29.2 Å². The first-order valence-corrected chi connectivity index (χ1v) is 8.67. The van der Waals surface area contributed by atoms with Crippen LogP contribution < -0.4 is 5.32 Å². The molecule has 1 N–H and O–H groups in total. The van der Waals surface area contributed by atoms with Crippen LogP contribution in [0.2, 0.25) is 0 Å². The van der Waals surface area contributed by atoms with Gasteiger partial charge in [0.15, 0.2) is 0 Å². The molecule has 5 nitrogen and oxygen atoms in total. The van der Waals surface area contributed by atoms with Gasteiger partial charge in [-0.3, -0.25) is 13.9 Å². The summed E-state index contributed by atoms with van der Waals surface area (Å²) in [6.45, 7) is 6.05. The van der Waals surface area contributed by atoms with Crippen molar-refractivity contribution in [1.82, 2.24) is 10.2 Å². The van der Waals surface area contributed by atoms with E-state index in [0.29, 0.717) is 18.2 Å². The lowest BCUT2D eigenvalue weighted by molar-refractivity contribution is 0.0204. The second-order valence-corrected chi connectivity index (χ2v) is 6.57. The Hall–Kier alpha value is -1.24. The molecule has 116 valence electrons. The first-order valence-electron chi connectivity index (χ1n) is 7.11. The second-order valence-electron chi connectivity index (χ2n) is 5.19. The Morgan fingerprint density at radius 3 is 2.52 bits per heavy atom. The maximum Gasteiger partial charge on any atom is 0.251 e. The standard InChI is InChI=1S/C15H22N2O3S/c1-12(17-7-9-20-10-8-17)11-16-15(18)13-3-5-14(6-4-13)21(2)19/h3-6,12H,7-11H2,1-2H3,(H,16,18). The van der Waals surface area contributed by atoms with Crippen LogP contribution in [0.25, 0.3) is 0 Å². The molecule has 0 saturated carbocycles. The van der Waals surface area contributed by atoms with E-state index in [0.717, 1.165) is 31.2 Å². The molecule has 0 spiro atoms. The molecule has 1 aromatic rings. The van der Waals surface area contributed by atoms with E-state index in [9.17, 15) is 9.00 Å². The Kier molecular flexibility index (Phi) is 5.90. The van der Waals surface area contributed by atoms with Gasteiger partial charge < -0.3 is 10.1 Å². The molecule has 1 amide bonds. The number of morpholine rings is 1. The van der Waals surface area contributed by atoms with E-state index in [4.69, 9.17) is 4.74 Å². The maximum absolute atomic E-state index is 12.1. The normalized spacial score (nSPS) is 19.0. The van der Waals surface area contributed by atoms with E-state index in [1.165, 1.54) is 0 Å². The average molecular weight is 310 g/mol. The molecule has 1 aliphatic heterocycles. The molecule has 1 aliphatic rings. The lowest BCUT2D eigenvalue weighted by Crippen LogP contribution is -2.47. The predicted molar refractivity (Wildman–Crippen MR) is 83.0 cm³/mol. The van der Waals surface area contributed by atoms with Crippen molar-refractivity contribution in [1.29, 1.82) is 0 Å². The summed E-state index contributed by atoms with van der Waals surface area (Å²) in [6, 6.07) is 7.18. The summed E-state index contributed by atoms with van der Waals surface area (Å²) in [7, 11) is -1.02. The van der Waals surface area contributed by atoms with Crippen LogP contribution in [-0.4, -0.2) is 60.2 Å². The van der Waals surface area contributed by atoms with Crippen molar-refractivity contribution in [3.8, 4) is 0 Å². The van der Waals surface area contributed by atoms with Crippen LogP contribution in [0.4, 0.5) is 0 Å². The smallest absolute Gasteiger partial charge is 0.251 e. The maximum atomic E-state index is 12.1. The number of nitrogens with one attached hydrogen (secondary N) is 1. The Morgan fingerprint density at radius 1 is 1.33 bits per heavy atom. The first kappa shape index (κ1) is 16.1. The molecular formula is C15H22N2O3S. The molecule has 2 atom stereocenters. The fourth-order valence-corrected chi connectivity index (χ4v) is 2.81. The molecule has 1 saturated heterocycles. The Bertz CT molecular complexity index is 498. The van der Waals surface area contributed by atoms with Crippen molar-refractivity contribution in [2.24, 2.45) is 0 Å². The molecule has 2 rings (SSSR count). The summed E-state index contributed by atoms with van der Waals surface area (Å²) >= 11 is 0. The highest BCUT2D eigenvalue weighted by Gasteiger charge is 2.17. The van der Waals surface area contributed by atoms with Crippen molar-refractivity contribution >= 4 is 16.7 Å². The van der Waals surface area contributed by atoms with Gasteiger partial charge in [-0.1, -0.05) is 0 Å². The number of hydrogen-bond donors (Lipinski definition) is 1. The van der Waals surface area contributed by atoms with Gasteiger partial charge in [0.2, 0.25) is 0 Å². The number of carbonyl (C=O) groups is 1. The number of nitrogens with zero attached hydrogens (tertiary/aromatic N) is 1. The molecule has 0 bridgehead atoms. The molecule has 2 unspecified atom stereocenters. The summed E-state index contributed by atoms with van der Waals surface area (Å²) in [5.74, 6) is -0.0939. The first-order chi connectivity index (χ1) is 10.1. The van der Waals surface area contributed by atoms with Crippen LogP contribution in [0.1, 0.15) is 17.3 Å². The highest BCUT2D eigenvalue weighted by Crippen LogP contribution is 2.08. The SMILES string of the molecule is CC(CNC(=O)c1ccc(S(C)=O)cc1)N1CCOCC1. The largest absolute Gasteiger partial charge is 0.379 e. The number of rotatable bonds is 5. The molecule has 21 heavy (non-hydrogen) atoms. The molecule has 1 fully saturated rings. The Balaban J connectivity index is 1.84. The van der Waals surface area contributed by atoms with Gasteiger partial charge in [0, 0.05) is 53.2 Å². The van der Waals surface area contributed by atoms with E-state index in [1.807, 2.05) is 0 Å². The lowest BCUT2D eigenvalue weighted by atomic mass is 10.2. The predicted octanol–water partition coefficient (Wildman–Crippen LogP) is 0.875. The highest BCUT2D eigenvalue weighted by atomic mass is 32.2. The summed E-state index contributed by atoms with van der Waals surface area (Å²) in [6.07, 6.45) is 1.62. The van der Waals surface area contributed by atoms with Gasteiger partial charge in [0.25, 0.3) is 5.91 Å². The van der Waals surface area contributed by atoms with Crippen molar-refractivity contribution in [2.75, 3.05) is 39.1 Å². The third-order valence-corrected chi connectivity index (χ3v) is 4.61. The van der Waals surface area contributed by atoms with Gasteiger partial charge >= 0.3 is 0 Å². The van der Waals surface area contributed by atoms with Crippen LogP contribution in [0, 0.1) is 0 Å². The van der Waals surface area contributed by atoms with E-state index < -0.39 is 10.8 Å². The molecule has 1 heterocycles. The second kappa shape index (κ2) is 7.68. The zero-order valence-electron chi connectivity index (χ0n) is 12.5. The van der Waals surface area contributed by atoms with E-state index in [1.54, 1.807) is 30.5 Å². The van der Waals surface area contributed by atoms with Crippen molar-refractivity contribution in [2.45, 2.75) is 17.9 Å². The summed E-state index contributed by atoms with van der Waals surface area (Å²) in [5.41, 5.74) is 0.596. The third-order valence-electron chi connectivity index (χ3n) is 3.68. The molecule has 1 aromatic carbocycles. The van der Waals surface area contributed by atoms with Crippen LogP contribution in [-0.2, 0) is 15.5 Å². The minimum Gasteiger partial charge on any atom is -0.379 e. The lowest BCUT2D eigenvalue weighted by Gasteiger charge is -2.32. The van der Waals surface area contributed by atoms with E-state index >= 15 is 0 Å². The topological polar surface area (TPSA) is 58.6 Å². The van der Waals surface area contributed by atoms with Crippen molar-refractivity contribution in [3.63, 3.8) is 0 Å². The van der Waals surface area contributed by atoms with Gasteiger partial charge in [-0.25, -0.2) is 0 Å². The number of benzene rings is 1. The third kappa shape index (κ3) is 4.62. The number of amides is 1. The Morgan fingerprint density at radius 2 is 1.95 bits per heavy atom. The van der Waals surface area contributed by atoms with Gasteiger partial charge in [0.05, 0.1) is 13.2 Å². The van der Waals surface area contributed by atoms with Crippen LogP contribution in [0.3, 0.4) is 0 Å². The van der Waals surface area contributed by atoms with Gasteiger partial charge in [-0.15, -0.1) is 0 Å². The van der Waals surface area contributed by atoms with E-state index in [-0.39, 0.29) is 5.91 Å². The Labute approximate surface area is 128 Å². The van der Waals surface area contributed by atoms with Gasteiger partial charge in [-0.05, 0) is 31.2 Å². The number of carbonyl (C=O) groups excluding carboxylic acids is 1. The number of ether oxygens (including phenoxy) is 1. The quantitative estimate of drug-likeness (QED) is 0.877. The summed E-state index contributed by atoms with van der Waals surface area (Å²) < 4.78 is 16.6. The van der Waals surface area contributed by atoms with E-state index in [2.05, 4.69) is 17.1 Å². The molecule has 6 heteroatoms. The fraction of sp³-hybridized carbons (Fsp3) is 0.533. The summed E-state index contributed by atoms with van der Waals surface area (Å²) in [4.78, 5) is 15.1. The zero-order valence-corrected chi connectivity index (χ0v) is 13.3. The molecular weight excluding hydrogens is 288 g/mol. The van der Waals surface area contributed by atoms with Crippen LogP contribution >= 0.6 is 0 Å². The minimum atomic E-state index is -1.02. The monoisotopic (exact) mass is 310 g/mol. The summed E-state index contributed by atoms with van der Waals surface area (Å²) in [5, 5.41) is 2.95. The average Bonchev–Trinajstić information content (AvgIpc) is 2.53. The molecule has 0 aromatic heterocycles. The molecule has 0 aliphatic carbocycles. The number of hydrogen-bond acceptors (Lipinski definition) is 4. The van der Waals surface area contributed by atoms with Crippen molar-refractivity contribution in [3.05, 3.63) is 29.8 Å². The fourth-order valence-electron chi connectivity index (χ4n) is 2.29. The minimum absolute atomic E-state index is 0.0939. The van der Waals surface area contributed by atoms with Gasteiger partial charge in [-0.2, -0.15) is 0 Å². The van der Waals surface area contributed by atoms with Gasteiger partial charge in [0.1, 0.15) is 0 Å². The zero-order chi connectivity index (χ0) is 15.2. The molecule has 0 radical (unpaired) electrons.